The molecule has 20 heavy (non-hydrogen) atoms. The van der Waals surface area contributed by atoms with Crippen LogP contribution in [0.2, 0.25) is 5.02 Å². The van der Waals surface area contributed by atoms with E-state index in [1.54, 1.807) is 0 Å². The Kier molecular flexibility index (Phi) is 5.56. The van der Waals surface area contributed by atoms with Gasteiger partial charge in [-0.15, -0.1) is 0 Å². The number of anilines is 1. The standard InChI is InChI=1S/C16H18ClNO2/c17-13-6-8-15(9-7-13)19-10-1-2-11-20-16-5-3-4-14(18)12-16/h3-9,12H,1-2,10-11,18H2. The van der Waals surface area contributed by atoms with Crippen LogP contribution in [-0.4, -0.2) is 13.2 Å². The van der Waals surface area contributed by atoms with Crippen LogP contribution in [0, 0.1) is 0 Å². The minimum Gasteiger partial charge on any atom is -0.494 e. The van der Waals surface area contributed by atoms with Crippen LogP contribution in [0.25, 0.3) is 0 Å². The van der Waals surface area contributed by atoms with E-state index in [-0.39, 0.29) is 0 Å². The van der Waals surface area contributed by atoms with Crippen LogP contribution in [-0.2, 0) is 0 Å². The summed E-state index contributed by atoms with van der Waals surface area (Å²) in [4.78, 5) is 0. The van der Waals surface area contributed by atoms with Gasteiger partial charge in [0.1, 0.15) is 11.5 Å². The van der Waals surface area contributed by atoms with Crippen LogP contribution in [0.1, 0.15) is 12.8 Å². The molecule has 0 spiro atoms. The maximum absolute atomic E-state index is 5.80. The van der Waals surface area contributed by atoms with Gasteiger partial charge in [0, 0.05) is 16.8 Å². The Morgan fingerprint density at radius 3 is 2.15 bits per heavy atom. The van der Waals surface area contributed by atoms with Crippen molar-refractivity contribution in [2.45, 2.75) is 12.8 Å². The van der Waals surface area contributed by atoms with Crippen LogP contribution in [0.15, 0.2) is 48.5 Å². The second kappa shape index (κ2) is 7.65. The van der Waals surface area contributed by atoms with E-state index in [9.17, 15) is 0 Å². The van der Waals surface area contributed by atoms with E-state index in [2.05, 4.69) is 0 Å². The van der Waals surface area contributed by atoms with Crippen molar-refractivity contribution >= 4 is 17.3 Å². The molecule has 0 bridgehead atoms. The van der Waals surface area contributed by atoms with E-state index < -0.39 is 0 Å². The smallest absolute Gasteiger partial charge is 0.121 e. The predicted octanol–water partition coefficient (Wildman–Crippen LogP) is 4.16. The van der Waals surface area contributed by atoms with Gasteiger partial charge in [0.15, 0.2) is 0 Å². The lowest BCUT2D eigenvalue weighted by atomic mass is 10.3. The molecule has 0 atom stereocenters. The van der Waals surface area contributed by atoms with Crippen LogP contribution in [0.5, 0.6) is 11.5 Å². The van der Waals surface area contributed by atoms with Crippen LogP contribution >= 0.6 is 11.6 Å². The summed E-state index contributed by atoms with van der Waals surface area (Å²) >= 11 is 5.80. The van der Waals surface area contributed by atoms with Crippen molar-refractivity contribution in [2.24, 2.45) is 0 Å². The number of benzene rings is 2. The molecule has 0 aromatic heterocycles. The highest BCUT2D eigenvalue weighted by Crippen LogP contribution is 2.16. The molecule has 0 radical (unpaired) electrons. The number of hydrogen-bond acceptors (Lipinski definition) is 3. The molecule has 2 N–H and O–H groups in total. The Hall–Kier alpha value is -1.87. The summed E-state index contributed by atoms with van der Waals surface area (Å²) in [7, 11) is 0. The van der Waals surface area contributed by atoms with E-state index >= 15 is 0 Å². The van der Waals surface area contributed by atoms with Gasteiger partial charge in [-0.05, 0) is 49.2 Å². The van der Waals surface area contributed by atoms with Gasteiger partial charge in [0.2, 0.25) is 0 Å². The third kappa shape index (κ3) is 5.02. The van der Waals surface area contributed by atoms with Gasteiger partial charge in [-0.3, -0.25) is 0 Å². The molecule has 0 aliphatic heterocycles. The molecule has 4 heteroatoms. The maximum atomic E-state index is 5.80. The van der Waals surface area contributed by atoms with Crippen molar-refractivity contribution in [1.82, 2.24) is 0 Å². The molecule has 0 aliphatic rings. The Morgan fingerprint density at radius 2 is 1.50 bits per heavy atom. The van der Waals surface area contributed by atoms with Crippen molar-refractivity contribution < 1.29 is 9.47 Å². The molecule has 0 amide bonds. The summed E-state index contributed by atoms with van der Waals surface area (Å²) in [6, 6.07) is 14.8. The molecule has 3 nitrogen and oxygen atoms in total. The first-order valence-corrected chi connectivity index (χ1v) is 6.98. The highest BCUT2D eigenvalue weighted by Gasteiger charge is 1.96. The molecule has 0 unspecified atom stereocenters. The molecule has 0 fully saturated rings. The average molecular weight is 292 g/mol. The van der Waals surface area contributed by atoms with Crippen LogP contribution in [0.3, 0.4) is 0 Å². The Bertz CT molecular complexity index is 528. The van der Waals surface area contributed by atoms with E-state index in [4.69, 9.17) is 26.8 Å². The number of ether oxygens (including phenoxy) is 2. The quantitative estimate of drug-likeness (QED) is 0.615. The molecule has 0 saturated heterocycles. The average Bonchev–Trinajstić information content (AvgIpc) is 2.45. The zero-order chi connectivity index (χ0) is 14.2. The fourth-order valence-corrected chi connectivity index (χ4v) is 1.85. The molecule has 0 aliphatic carbocycles. The summed E-state index contributed by atoms with van der Waals surface area (Å²) in [5.74, 6) is 1.65. The molecular weight excluding hydrogens is 274 g/mol. The number of nitrogen functional groups attached to an aromatic ring is 1. The van der Waals surface area contributed by atoms with Crippen LogP contribution < -0.4 is 15.2 Å². The largest absolute Gasteiger partial charge is 0.494 e. The minimum absolute atomic E-state index is 0.660. The molecule has 106 valence electrons. The predicted molar refractivity (Wildman–Crippen MR) is 82.5 cm³/mol. The zero-order valence-corrected chi connectivity index (χ0v) is 12.0. The fourth-order valence-electron chi connectivity index (χ4n) is 1.72. The number of hydrogen-bond donors (Lipinski definition) is 1. The van der Waals surface area contributed by atoms with Crippen molar-refractivity contribution in [1.29, 1.82) is 0 Å². The first kappa shape index (κ1) is 14.5. The second-order valence-corrected chi connectivity index (χ2v) is 4.87. The van der Waals surface area contributed by atoms with Gasteiger partial charge in [-0.2, -0.15) is 0 Å². The van der Waals surface area contributed by atoms with Crippen molar-refractivity contribution in [3.05, 3.63) is 53.6 Å². The number of rotatable bonds is 7. The van der Waals surface area contributed by atoms with Crippen molar-refractivity contribution in [2.75, 3.05) is 18.9 Å². The molecule has 0 saturated carbocycles. The number of halogens is 1. The first-order chi connectivity index (χ1) is 9.74. The topological polar surface area (TPSA) is 44.5 Å². The minimum atomic E-state index is 0.660. The second-order valence-electron chi connectivity index (χ2n) is 4.43. The third-order valence-electron chi connectivity index (χ3n) is 2.75. The molecule has 0 heterocycles. The lowest BCUT2D eigenvalue weighted by molar-refractivity contribution is 0.266. The van der Waals surface area contributed by atoms with Crippen LogP contribution in [0.4, 0.5) is 5.69 Å². The molecule has 2 aromatic carbocycles. The van der Waals surface area contributed by atoms with E-state index in [0.717, 1.165) is 24.3 Å². The van der Waals surface area contributed by atoms with E-state index in [0.29, 0.717) is 23.9 Å². The van der Waals surface area contributed by atoms with Gasteiger partial charge in [-0.25, -0.2) is 0 Å². The lowest BCUT2D eigenvalue weighted by Crippen LogP contribution is -2.02. The zero-order valence-electron chi connectivity index (χ0n) is 11.2. The summed E-state index contributed by atoms with van der Waals surface area (Å²) in [6.45, 7) is 1.33. The first-order valence-electron chi connectivity index (χ1n) is 6.61. The van der Waals surface area contributed by atoms with E-state index in [1.165, 1.54) is 0 Å². The summed E-state index contributed by atoms with van der Waals surface area (Å²) in [5, 5.41) is 0.716. The Labute approximate surface area is 124 Å². The van der Waals surface area contributed by atoms with Gasteiger partial charge in [0.05, 0.1) is 13.2 Å². The van der Waals surface area contributed by atoms with Crippen molar-refractivity contribution in [3.63, 3.8) is 0 Å². The number of unbranched alkanes of at least 4 members (excludes halogenated alkanes) is 1. The SMILES string of the molecule is Nc1cccc(OCCCCOc2ccc(Cl)cc2)c1. The summed E-state index contributed by atoms with van der Waals surface area (Å²) < 4.78 is 11.2. The molecular formula is C16H18ClNO2. The molecule has 2 aromatic rings. The maximum Gasteiger partial charge on any atom is 0.121 e. The Morgan fingerprint density at radius 1 is 0.850 bits per heavy atom. The van der Waals surface area contributed by atoms with Gasteiger partial charge >= 0.3 is 0 Å². The molecule has 2 rings (SSSR count). The number of nitrogens with two attached hydrogens (primary N) is 1. The summed E-state index contributed by atoms with van der Waals surface area (Å²) in [5.41, 5.74) is 6.39. The van der Waals surface area contributed by atoms with Crippen molar-refractivity contribution in [3.8, 4) is 11.5 Å². The highest BCUT2D eigenvalue weighted by atomic mass is 35.5. The fraction of sp³-hybridized carbons (Fsp3) is 0.250. The van der Waals surface area contributed by atoms with E-state index in [1.807, 2.05) is 48.5 Å². The third-order valence-corrected chi connectivity index (χ3v) is 3.00. The van der Waals surface area contributed by atoms with Gasteiger partial charge < -0.3 is 15.2 Å². The van der Waals surface area contributed by atoms with Gasteiger partial charge in [0.25, 0.3) is 0 Å². The Balaban J connectivity index is 1.59. The lowest BCUT2D eigenvalue weighted by Gasteiger charge is -2.08. The van der Waals surface area contributed by atoms with Gasteiger partial charge in [-0.1, -0.05) is 17.7 Å². The summed E-state index contributed by atoms with van der Waals surface area (Å²) in [6.07, 6.45) is 1.87. The monoisotopic (exact) mass is 291 g/mol. The normalized spacial score (nSPS) is 10.2. The highest BCUT2D eigenvalue weighted by molar-refractivity contribution is 6.30.